The van der Waals surface area contributed by atoms with Gasteiger partial charge in [-0.2, -0.15) is 0 Å². The highest BCUT2D eigenvalue weighted by Gasteiger charge is 2.51. The van der Waals surface area contributed by atoms with Crippen LogP contribution in [0.4, 0.5) is 0 Å². The van der Waals surface area contributed by atoms with E-state index in [4.69, 9.17) is 16.3 Å². The Bertz CT molecular complexity index is 801. The van der Waals surface area contributed by atoms with Gasteiger partial charge < -0.3 is 4.74 Å². The number of hydrogen-bond donors (Lipinski definition) is 1. The number of ether oxygens (including phenoxy) is 1. The van der Waals surface area contributed by atoms with Gasteiger partial charge in [0.25, 0.3) is 5.91 Å². The summed E-state index contributed by atoms with van der Waals surface area (Å²) in [5.74, 6) is 2.45. The molecule has 0 aliphatic heterocycles. The van der Waals surface area contributed by atoms with Crippen LogP contribution in [-0.4, -0.2) is 27.2 Å². The Morgan fingerprint density at radius 1 is 1.19 bits per heavy atom. The highest BCUT2D eigenvalue weighted by atomic mass is 35.5. The Hall–Kier alpha value is -1.27. The number of carbonyl (C=O) groups excluding carboxylic acids is 1. The largest absolute Gasteiger partial charge is 0.491 e. The molecule has 4 aliphatic rings. The molecular formula is C19H24ClNO4S. The van der Waals surface area contributed by atoms with Crippen molar-refractivity contribution in [2.75, 3.05) is 12.9 Å². The average Bonchev–Trinajstić information content (AvgIpc) is 2.50. The van der Waals surface area contributed by atoms with Crippen molar-refractivity contribution in [2.24, 2.45) is 23.2 Å². The second-order valence-electron chi connectivity index (χ2n) is 8.55. The van der Waals surface area contributed by atoms with E-state index in [0.717, 1.165) is 24.0 Å². The van der Waals surface area contributed by atoms with Gasteiger partial charge in [0.15, 0.2) is 0 Å². The molecule has 4 bridgehead atoms. The van der Waals surface area contributed by atoms with Crippen LogP contribution in [-0.2, 0) is 10.0 Å². The highest BCUT2D eigenvalue weighted by Crippen LogP contribution is 2.60. The van der Waals surface area contributed by atoms with Gasteiger partial charge in [-0.3, -0.25) is 4.79 Å². The number of hydrogen-bond acceptors (Lipinski definition) is 4. The van der Waals surface area contributed by atoms with E-state index >= 15 is 0 Å². The van der Waals surface area contributed by atoms with Crippen LogP contribution in [0.2, 0.25) is 5.02 Å². The fourth-order valence-corrected chi connectivity index (χ4v) is 6.37. The third-order valence-electron chi connectivity index (χ3n) is 6.17. The van der Waals surface area contributed by atoms with Gasteiger partial charge in [0.05, 0.1) is 17.9 Å². The van der Waals surface area contributed by atoms with Gasteiger partial charge in [-0.15, -0.1) is 0 Å². The molecule has 0 heterocycles. The molecule has 0 radical (unpaired) electrons. The summed E-state index contributed by atoms with van der Waals surface area (Å²) in [5, 5.41) is 0.330. The van der Waals surface area contributed by atoms with E-state index < -0.39 is 15.9 Å². The minimum atomic E-state index is -3.60. The Morgan fingerprint density at radius 3 is 2.27 bits per heavy atom. The lowest BCUT2D eigenvalue weighted by Crippen LogP contribution is -2.48. The molecule has 7 heteroatoms. The topological polar surface area (TPSA) is 72.5 Å². The lowest BCUT2D eigenvalue weighted by molar-refractivity contribution is -0.0745. The smallest absolute Gasteiger partial charge is 0.264 e. The lowest BCUT2D eigenvalue weighted by atomic mass is 9.50. The molecule has 1 aromatic rings. The minimum Gasteiger partial charge on any atom is -0.491 e. The summed E-state index contributed by atoms with van der Waals surface area (Å²) in [4.78, 5) is 11.9. The first-order valence-electron chi connectivity index (χ1n) is 9.16. The van der Waals surface area contributed by atoms with Gasteiger partial charge >= 0.3 is 0 Å². The molecular weight excluding hydrogens is 374 g/mol. The normalized spacial score (nSPS) is 32.5. The van der Waals surface area contributed by atoms with Crippen LogP contribution >= 0.6 is 11.6 Å². The zero-order valence-corrected chi connectivity index (χ0v) is 16.4. The minimum absolute atomic E-state index is 0.197. The average molecular weight is 398 g/mol. The summed E-state index contributed by atoms with van der Waals surface area (Å²) in [6, 6.07) is 4.65. The van der Waals surface area contributed by atoms with Gasteiger partial charge in [-0.05, 0) is 74.5 Å². The van der Waals surface area contributed by atoms with Crippen LogP contribution in [0.25, 0.3) is 0 Å². The highest BCUT2D eigenvalue weighted by molar-refractivity contribution is 7.89. The maximum absolute atomic E-state index is 11.9. The number of benzene rings is 1. The standard InChI is InChI=1S/C19H24ClNO4S/c1-26(23,24)21-18(22)15-2-3-17(16(20)7-15)25-11-19-8-12-4-13(9-19)6-14(5-12)10-19/h2-3,7,12-14H,4-6,8-11H2,1H3,(H,21,22). The zero-order chi connectivity index (χ0) is 18.5. The predicted octanol–water partition coefficient (Wildman–Crippen LogP) is 3.62. The molecule has 4 saturated carbocycles. The molecule has 1 amide bonds. The van der Waals surface area contributed by atoms with Crippen LogP contribution < -0.4 is 9.46 Å². The summed E-state index contributed by atoms with van der Waals surface area (Å²) in [5.41, 5.74) is 0.479. The van der Waals surface area contributed by atoms with E-state index in [1.165, 1.54) is 44.6 Å². The molecule has 4 aliphatic carbocycles. The van der Waals surface area contributed by atoms with Crippen LogP contribution in [0.1, 0.15) is 48.9 Å². The monoisotopic (exact) mass is 397 g/mol. The second kappa shape index (κ2) is 6.41. The molecule has 26 heavy (non-hydrogen) atoms. The van der Waals surface area contributed by atoms with Gasteiger partial charge in [0.2, 0.25) is 10.0 Å². The number of carbonyl (C=O) groups is 1. The van der Waals surface area contributed by atoms with Gasteiger partial charge in [0.1, 0.15) is 5.75 Å². The van der Waals surface area contributed by atoms with E-state index in [1.54, 1.807) is 12.1 Å². The second-order valence-corrected chi connectivity index (χ2v) is 10.7. The molecule has 1 N–H and O–H groups in total. The Balaban J connectivity index is 1.44. The summed E-state index contributed by atoms with van der Waals surface area (Å²) in [7, 11) is -3.60. The Labute approximate surface area is 159 Å². The molecule has 4 fully saturated rings. The summed E-state index contributed by atoms with van der Waals surface area (Å²) >= 11 is 6.28. The molecule has 1 aromatic carbocycles. The zero-order valence-electron chi connectivity index (χ0n) is 14.8. The van der Waals surface area contributed by atoms with Crippen molar-refractivity contribution < 1.29 is 17.9 Å². The van der Waals surface area contributed by atoms with Gasteiger partial charge in [0, 0.05) is 11.0 Å². The quantitative estimate of drug-likeness (QED) is 0.823. The maximum Gasteiger partial charge on any atom is 0.264 e. The molecule has 5 nitrogen and oxygen atoms in total. The fraction of sp³-hybridized carbons (Fsp3) is 0.632. The van der Waals surface area contributed by atoms with Crippen molar-refractivity contribution in [3.63, 3.8) is 0 Å². The molecule has 5 rings (SSSR count). The first kappa shape index (κ1) is 18.1. The van der Waals surface area contributed by atoms with Crippen molar-refractivity contribution in [3.8, 4) is 5.75 Å². The fourth-order valence-electron chi connectivity index (χ4n) is 5.68. The van der Waals surface area contributed by atoms with Crippen molar-refractivity contribution >= 4 is 27.5 Å². The molecule has 0 saturated heterocycles. The molecule has 0 unspecified atom stereocenters. The van der Waals surface area contributed by atoms with E-state index in [9.17, 15) is 13.2 Å². The van der Waals surface area contributed by atoms with Crippen LogP contribution in [0.5, 0.6) is 5.75 Å². The Kier molecular flexibility index (Phi) is 4.47. The lowest BCUT2D eigenvalue weighted by Gasteiger charge is -2.56. The Morgan fingerprint density at radius 2 is 1.77 bits per heavy atom. The maximum atomic E-state index is 11.9. The van der Waals surface area contributed by atoms with Crippen molar-refractivity contribution in [2.45, 2.75) is 38.5 Å². The molecule has 142 valence electrons. The van der Waals surface area contributed by atoms with E-state index in [0.29, 0.717) is 17.4 Å². The van der Waals surface area contributed by atoms with Crippen molar-refractivity contribution in [1.29, 1.82) is 0 Å². The van der Waals surface area contributed by atoms with Gasteiger partial charge in [-0.1, -0.05) is 11.6 Å². The first-order valence-corrected chi connectivity index (χ1v) is 11.4. The third kappa shape index (κ3) is 3.72. The molecule has 0 atom stereocenters. The molecule has 0 spiro atoms. The van der Waals surface area contributed by atoms with Crippen molar-refractivity contribution in [3.05, 3.63) is 28.8 Å². The summed E-state index contributed by atoms with van der Waals surface area (Å²) in [6.07, 6.45) is 8.89. The summed E-state index contributed by atoms with van der Waals surface area (Å²) < 4.78 is 30.4. The van der Waals surface area contributed by atoms with Crippen LogP contribution in [0.3, 0.4) is 0 Å². The van der Waals surface area contributed by atoms with Crippen LogP contribution in [0, 0.1) is 23.2 Å². The number of sulfonamides is 1. The molecule has 0 aromatic heterocycles. The predicted molar refractivity (Wildman–Crippen MR) is 99.9 cm³/mol. The van der Waals surface area contributed by atoms with E-state index in [2.05, 4.69) is 0 Å². The first-order chi connectivity index (χ1) is 12.2. The number of rotatable bonds is 5. The number of nitrogens with one attached hydrogen (secondary N) is 1. The van der Waals surface area contributed by atoms with E-state index in [1.807, 2.05) is 4.72 Å². The summed E-state index contributed by atoms with van der Waals surface area (Å²) in [6.45, 7) is 0.672. The van der Waals surface area contributed by atoms with Gasteiger partial charge in [-0.25, -0.2) is 13.1 Å². The number of amides is 1. The van der Waals surface area contributed by atoms with Crippen LogP contribution in [0.15, 0.2) is 18.2 Å². The van der Waals surface area contributed by atoms with Crippen molar-refractivity contribution in [1.82, 2.24) is 4.72 Å². The number of halogens is 1. The SMILES string of the molecule is CS(=O)(=O)NC(=O)c1ccc(OCC23CC4CC(CC(C4)C2)C3)c(Cl)c1. The van der Waals surface area contributed by atoms with E-state index in [-0.39, 0.29) is 11.0 Å². The third-order valence-corrected chi connectivity index (χ3v) is 7.02.